The van der Waals surface area contributed by atoms with Crippen LogP contribution in [-0.2, 0) is 25.1 Å². The van der Waals surface area contributed by atoms with Crippen LogP contribution in [0.25, 0.3) is 10.9 Å². The summed E-state index contributed by atoms with van der Waals surface area (Å²) in [6, 6.07) is 7.08. The van der Waals surface area contributed by atoms with Gasteiger partial charge in [0.05, 0.1) is 12.7 Å². The summed E-state index contributed by atoms with van der Waals surface area (Å²) in [5.74, 6) is -1.07. The van der Waals surface area contributed by atoms with Crippen molar-refractivity contribution in [2.75, 3.05) is 19.7 Å². The first kappa shape index (κ1) is 24.9. The van der Waals surface area contributed by atoms with Gasteiger partial charge in [-0.3, -0.25) is 14.2 Å². The molecule has 11 heteroatoms. The first-order valence-electron chi connectivity index (χ1n) is 10.9. The number of carbonyl (C=O) groups is 1. The number of phosphoric ester groups is 1. The molecule has 0 radical (unpaired) electrons. The van der Waals surface area contributed by atoms with E-state index in [1.54, 1.807) is 0 Å². The van der Waals surface area contributed by atoms with Gasteiger partial charge in [-0.1, -0.05) is 31.5 Å². The molecule has 0 aliphatic carbocycles. The molecule has 4 atom stereocenters. The summed E-state index contributed by atoms with van der Waals surface area (Å²) in [4.78, 5) is 40.5. The summed E-state index contributed by atoms with van der Waals surface area (Å²) in [7, 11) is -4.74. The van der Waals surface area contributed by atoms with Crippen molar-refractivity contribution in [3.63, 3.8) is 0 Å². The molecule has 1 aromatic carbocycles. The normalized spacial score (nSPS) is 23.0. The van der Waals surface area contributed by atoms with Gasteiger partial charge in [-0.05, 0) is 31.4 Å². The highest BCUT2D eigenvalue weighted by atomic mass is 31.2. The zero-order chi connectivity index (χ0) is 23.3. The molecule has 1 aliphatic rings. The van der Waals surface area contributed by atoms with E-state index in [4.69, 9.17) is 19.1 Å². The molecule has 0 bridgehead atoms. The van der Waals surface area contributed by atoms with Gasteiger partial charge in [0.1, 0.15) is 12.1 Å². The minimum Gasteiger partial charge on any atom is -0.391 e. The Hall–Kier alpha value is -1.78. The number of hydrogen-bond donors (Lipinski definition) is 5. The van der Waals surface area contributed by atoms with Crippen LogP contribution in [0.15, 0.2) is 30.5 Å². The van der Waals surface area contributed by atoms with Crippen molar-refractivity contribution in [3.8, 4) is 0 Å². The molecule has 178 valence electrons. The highest BCUT2D eigenvalue weighted by molar-refractivity contribution is 7.46. The smallest absolute Gasteiger partial charge is 0.391 e. The van der Waals surface area contributed by atoms with Crippen molar-refractivity contribution in [1.29, 1.82) is 0 Å². The van der Waals surface area contributed by atoms with E-state index >= 15 is 0 Å². The molecule has 1 saturated heterocycles. The van der Waals surface area contributed by atoms with Crippen LogP contribution in [0.2, 0.25) is 0 Å². The van der Waals surface area contributed by atoms with Gasteiger partial charge in [0, 0.05) is 36.1 Å². The molecule has 5 N–H and O–H groups in total. The fourth-order valence-electron chi connectivity index (χ4n) is 4.10. The quantitative estimate of drug-likeness (QED) is 0.313. The van der Waals surface area contributed by atoms with Crippen molar-refractivity contribution >= 4 is 24.6 Å². The fourth-order valence-corrected chi connectivity index (χ4v) is 4.47. The van der Waals surface area contributed by atoms with E-state index in [0.717, 1.165) is 29.3 Å². The van der Waals surface area contributed by atoms with E-state index in [1.807, 2.05) is 37.4 Å². The second-order valence-corrected chi connectivity index (χ2v) is 9.34. The number of aliphatic hydroxyl groups is 1. The predicted molar refractivity (Wildman–Crippen MR) is 118 cm³/mol. The number of aromatic amines is 1. The second-order valence-electron chi connectivity index (χ2n) is 8.10. The Morgan fingerprint density at radius 1 is 1.38 bits per heavy atom. The number of nitrogens with one attached hydrogen (secondary N) is 2. The summed E-state index contributed by atoms with van der Waals surface area (Å²) in [6.07, 6.45) is 2.40. The number of para-hydroxylation sites is 1. The van der Waals surface area contributed by atoms with Crippen molar-refractivity contribution in [1.82, 2.24) is 15.4 Å². The molecule has 0 spiro atoms. The van der Waals surface area contributed by atoms with E-state index < -0.39 is 38.6 Å². The van der Waals surface area contributed by atoms with E-state index in [-0.39, 0.29) is 5.91 Å². The molecule has 10 nitrogen and oxygen atoms in total. The maximum absolute atomic E-state index is 13.1. The summed E-state index contributed by atoms with van der Waals surface area (Å²) < 4.78 is 16.0. The van der Waals surface area contributed by atoms with Crippen LogP contribution in [-0.4, -0.2) is 68.8 Å². The number of amides is 1. The zero-order valence-corrected chi connectivity index (χ0v) is 19.2. The average molecular weight is 469 g/mol. The van der Waals surface area contributed by atoms with Crippen LogP contribution in [0.3, 0.4) is 0 Å². The number of fused-ring (bicyclic) bond motifs is 1. The Balaban J connectivity index is 1.70. The van der Waals surface area contributed by atoms with E-state index in [1.165, 1.54) is 12.0 Å². The van der Waals surface area contributed by atoms with Crippen molar-refractivity contribution in [3.05, 3.63) is 36.0 Å². The van der Waals surface area contributed by atoms with Crippen LogP contribution >= 0.6 is 7.82 Å². The standard InChI is InChI=1S/C21H32N3O7P/c1-3-4-11-24-19(17(13-30-32(27,28)29)20(31-24)14(2)25)21(26)22-10-9-15-12-23-18-8-6-5-7-16(15)18/h5-8,12,14,17,19-20,23,25H,3-4,9-11,13H2,1-2H3,(H,22,26)(H2,27,28,29)/t14-,17-,19-,20-/m0/s1. The molecule has 1 fully saturated rings. The highest BCUT2D eigenvalue weighted by Crippen LogP contribution is 2.39. The Morgan fingerprint density at radius 2 is 2.12 bits per heavy atom. The third kappa shape index (κ3) is 6.17. The second kappa shape index (κ2) is 10.9. The number of hydrogen-bond acceptors (Lipinski definition) is 6. The largest absolute Gasteiger partial charge is 0.469 e. The number of benzene rings is 1. The summed E-state index contributed by atoms with van der Waals surface area (Å²) in [6.45, 7) is 3.94. The van der Waals surface area contributed by atoms with Gasteiger partial charge < -0.3 is 25.2 Å². The fraction of sp³-hybridized carbons (Fsp3) is 0.571. The van der Waals surface area contributed by atoms with Gasteiger partial charge in [-0.25, -0.2) is 4.57 Å². The number of aliphatic hydroxyl groups excluding tert-OH is 1. The third-order valence-electron chi connectivity index (χ3n) is 5.67. The lowest BCUT2D eigenvalue weighted by Crippen LogP contribution is -2.48. The van der Waals surface area contributed by atoms with Gasteiger partial charge in [-0.15, -0.1) is 0 Å². The van der Waals surface area contributed by atoms with Crippen LogP contribution in [0.1, 0.15) is 32.3 Å². The minimum atomic E-state index is -4.74. The topological polar surface area (TPSA) is 144 Å². The Labute approximate surface area is 187 Å². The van der Waals surface area contributed by atoms with Crippen molar-refractivity contribution < 1.29 is 33.6 Å². The lowest BCUT2D eigenvalue weighted by atomic mass is 9.92. The first-order valence-corrected chi connectivity index (χ1v) is 12.4. The SMILES string of the molecule is CCCCN1O[C@@H]([C@H](C)O)[C@@H](COP(=O)(O)O)[C@H]1C(=O)NCCc1c[nH]c2ccccc12. The monoisotopic (exact) mass is 469 g/mol. The Kier molecular flexibility index (Phi) is 8.46. The van der Waals surface area contributed by atoms with Gasteiger partial charge in [-0.2, -0.15) is 5.06 Å². The molecule has 1 aromatic heterocycles. The molecule has 32 heavy (non-hydrogen) atoms. The number of carbonyl (C=O) groups excluding carboxylic acids is 1. The van der Waals surface area contributed by atoms with Gasteiger partial charge in [0.2, 0.25) is 5.91 Å². The number of rotatable bonds is 11. The lowest BCUT2D eigenvalue weighted by molar-refractivity contribution is -0.186. The molecule has 2 heterocycles. The maximum Gasteiger partial charge on any atom is 0.469 e. The van der Waals surface area contributed by atoms with Crippen LogP contribution in [0.4, 0.5) is 0 Å². The molecule has 0 saturated carbocycles. The number of unbranched alkanes of at least 4 members (excludes halogenated alkanes) is 1. The summed E-state index contributed by atoms with van der Waals surface area (Å²) in [5.41, 5.74) is 2.10. The van der Waals surface area contributed by atoms with Gasteiger partial charge in [0.25, 0.3) is 0 Å². The highest BCUT2D eigenvalue weighted by Gasteiger charge is 2.49. The van der Waals surface area contributed by atoms with Crippen LogP contribution in [0.5, 0.6) is 0 Å². The number of nitrogens with zero attached hydrogens (tertiary/aromatic N) is 1. The van der Waals surface area contributed by atoms with Crippen LogP contribution < -0.4 is 5.32 Å². The van der Waals surface area contributed by atoms with Crippen molar-refractivity contribution in [2.45, 2.75) is 51.4 Å². The summed E-state index contributed by atoms with van der Waals surface area (Å²) >= 11 is 0. The molecule has 3 rings (SSSR count). The van der Waals surface area contributed by atoms with Gasteiger partial charge in [0.15, 0.2) is 0 Å². The Bertz CT molecular complexity index is 944. The van der Waals surface area contributed by atoms with Crippen molar-refractivity contribution in [2.24, 2.45) is 5.92 Å². The molecular weight excluding hydrogens is 437 g/mol. The lowest BCUT2D eigenvalue weighted by Gasteiger charge is -2.25. The number of aromatic nitrogens is 1. The predicted octanol–water partition coefficient (Wildman–Crippen LogP) is 1.72. The number of H-pyrrole nitrogens is 1. The minimum absolute atomic E-state index is 0.330. The Morgan fingerprint density at radius 3 is 2.81 bits per heavy atom. The average Bonchev–Trinajstić information content (AvgIpc) is 3.31. The summed E-state index contributed by atoms with van der Waals surface area (Å²) in [5, 5.41) is 15.7. The molecule has 0 unspecified atom stereocenters. The van der Waals surface area contributed by atoms with E-state index in [2.05, 4.69) is 10.3 Å². The molecule has 2 aromatic rings. The molecular formula is C21H32N3O7P. The third-order valence-corrected chi connectivity index (χ3v) is 6.16. The van der Waals surface area contributed by atoms with E-state index in [0.29, 0.717) is 19.5 Å². The van der Waals surface area contributed by atoms with Crippen LogP contribution in [0, 0.1) is 5.92 Å². The van der Waals surface area contributed by atoms with E-state index in [9.17, 15) is 14.5 Å². The number of hydroxylamine groups is 2. The zero-order valence-electron chi connectivity index (χ0n) is 18.3. The maximum atomic E-state index is 13.1. The number of phosphoric acid groups is 1. The van der Waals surface area contributed by atoms with Gasteiger partial charge >= 0.3 is 7.82 Å². The molecule has 1 amide bonds. The first-order chi connectivity index (χ1) is 15.2. The molecule has 1 aliphatic heterocycles.